The minimum atomic E-state index is -0.151. The first-order valence-electron chi connectivity index (χ1n) is 8.54. The van der Waals surface area contributed by atoms with Gasteiger partial charge < -0.3 is 10.1 Å². The van der Waals surface area contributed by atoms with Crippen molar-refractivity contribution in [3.63, 3.8) is 0 Å². The number of ether oxygens (including phenoxy) is 1. The average Bonchev–Trinajstić information content (AvgIpc) is 3.16. The maximum atomic E-state index is 12.4. The molecule has 0 aliphatic rings. The van der Waals surface area contributed by atoms with E-state index in [-0.39, 0.29) is 5.91 Å². The fourth-order valence-electron chi connectivity index (χ4n) is 2.88. The third kappa shape index (κ3) is 3.50. The lowest BCUT2D eigenvalue weighted by Gasteiger charge is -2.07. The van der Waals surface area contributed by atoms with Gasteiger partial charge in [-0.1, -0.05) is 6.07 Å². The smallest absolute Gasteiger partial charge is 0.251 e. The van der Waals surface area contributed by atoms with Gasteiger partial charge in [-0.3, -0.25) is 14.3 Å². The molecule has 0 atom stereocenters. The molecule has 0 spiro atoms. The molecule has 27 heavy (non-hydrogen) atoms. The van der Waals surface area contributed by atoms with Crippen molar-refractivity contribution in [1.29, 1.82) is 0 Å². The monoisotopic (exact) mass is 358 g/mol. The Morgan fingerprint density at radius 1 is 1.07 bits per heavy atom. The zero-order valence-corrected chi connectivity index (χ0v) is 14.8. The molecule has 0 unspecified atom stereocenters. The van der Waals surface area contributed by atoms with Crippen molar-refractivity contribution < 1.29 is 9.53 Å². The molecule has 0 saturated heterocycles. The number of benzene rings is 2. The highest BCUT2D eigenvalue weighted by Gasteiger charge is 2.10. The third-order valence-corrected chi connectivity index (χ3v) is 4.32. The topological polar surface area (TPSA) is 69.0 Å². The van der Waals surface area contributed by atoms with Crippen LogP contribution in [0.3, 0.4) is 0 Å². The van der Waals surface area contributed by atoms with E-state index in [1.54, 1.807) is 31.8 Å². The number of nitrogens with one attached hydrogen (secondary N) is 1. The van der Waals surface area contributed by atoms with E-state index in [4.69, 9.17) is 4.74 Å². The van der Waals surface area contributed by atoms with Gasteiger partial charge in [-0.25, -0.2) is 4.98 Å². The Balaban J connectivity index is 1.55. The fraction of sp³-hybridized carbons (Fsp3) is 0.0952. The number of rotatable bonds is 5. The van der Waals surface area contributed by atoms with Gasteiger partial charge in [-0.15, -0.1) is 0 Å². The predicted octanol–water partition coefficient (Wildman–Crippen LogP) is 3.36. The molecule has 0 fully saturated rings. The van der Waals surface area contributed by atoms with Crippen molar-refractivity contribution in [2.45, 2.75) is 6.54 Å². The van der Waals surface area contributed by atoms with Crippen LogP contribution in [0.5, 0.6) is 5.75 Å². The quantitative estimate of drug-likeness (QED) is 0.594. The van der Waals surface area contributed by atoms with Crippen LogP contribution in [0.25, 0.3) is 16.7 Å². The number of hydrogen-bond acceptors (Lipinski definition) is 4. The van der Waals surface area contributed by atoms with Crippen molar-refractivity contribution in [3.05, 3.63) is 84.4 Å². The molecule has 2 heterocycles. The summed E-state index contributed by atoms with van der Waals surface area (Å²) >= 11 is 0. The van der Waals surface area contributed by atoms with Crippen LogP contribution in [0.1, 0.15) is 16.1 Å². The van der Waals surface area contributed by atoms with Gasteiger partial charge in [0.15, 0.2) is 0 Å². The van der Waals surface area contributed by atoms with E-state index in [1.165, 1.54) is 0 Å². The number of carbonyl (C=O) groups excluding carboxylic acids is 1. The molecule has 0 aliphatic carbocycles. The average molecular weight is 358 g/mol. The molecule has 0 bridgehead atoms. The SMILES string of the molecule is COc1ccc(-n2cnc3cc(C(=O)NCc4ccccn4)ccc32)cc1. The van der Waals surface area contributed by atoms with Crippen molar-refractivity contribution in [2.24, 2.45) is 0 Å². The highest BCUT2D eigenvalue weighted by Crippen LogP contribution is 2.21. The molecule has 2 aromatic carbocycles. The lowest BCUT2D eigenvalue weighted by atomic mass is 10.2. The minimum absolute atomic E-state index is 0.151. The van der Waals surface area contributed by atoms with E-state index in [1.807, 2.05) is 53.1 Å². The van der Waals surface area contributed by atoms with Crippen LogP contribution in [0, 0.1) is 0 Å². The summed E-state index contributed by atoms with van der Waals surface area (Å²) in [6, 6.07) is 18.9. The van der Waals surface area contributed by atoms with Crippen LogP contribution in [0.2, 0.25) is 0 Å². The number of fused-ring (bicyclic) bond motifs is 1. The van der Waals surface area contributed by atoms with Crippen LogP contribution in [-0.4, -0.2) is 27.6 Å². The van der Waals surface area contributed by atoms with Gasteiger partial charge in [-0.05, 0) is 54.6 Å². The van der Waals surface area contributed by atoms with Crippen LogP contribution < -0.4 is 10.1 Å². The summed E-state index contributed by atoms with van der Waals surface area (Å²) in [6.45, 7) is 0.387. The van der Waals surface area contributed by atoms with Gasteiger partial charge in [0.1, 0.15) is 12.1 Å². The standard InChI is InChI=1S/C21H18N4O2/c1-27-18-8-6-17(7-9-18)25-14-24-19-12-15(5-10-20(19)25)21(26)23-13-16-4-2-3-11-22-16/h2-12,14H,13H2,1H3,(H,23,26). The van der Waals surface area contributed by atoms with E-state index in [9.17, 15) is 4.79 Å². The summed E-state index contributed by atoms with van der Waals surface area (Å²) in [5.41, 5.74) is 4.05. The normalized spacial score (nSPS) is 10.7. The molecule has 134 valence electrons. The Labute approximate surface area is 156 Å². The van der Waals surface area contributed by atoms with Gasteiger partial charge in [-0.2, -0.15) is 0 Å². The zero-order valence-electron chi connectivity index (χ0n) is 14.8. The molecular formula is C21H18N4O2. The van der Waals surface area contributed by atoms with Crippen LogP contribution in [0.4, 0.5) is 0 Å². The second-order valence-corrected chi connectivity index (χ2v) is 6.02. The highest BCUT2D eigenvalue weighted by molar-refractivity contribution is 5.97. The molecule has 1 amide bonds. The molecule has 4 aromatic rings. The van der Waals surface area contributed by atoms with Crippen LogP contribution >= 0.6 is 0 Å². The summed E-state index contributed by atoms with van der Waals surface area (Å²) in [5, 5.41) is 2.88. The Hall–Kier alpha value is -3.67. The number of methoxy groups -OCH3 is 1. The van der Waals surface area contributed by atoms with Crippen molar-refractivity contribution in [3.8, 4) is 11.4 Å². The van der Waals surface area contributed by atoms with Gasteiger partial charge in [0.2, 0.25) is 0 Å². The molecule has 0 radical (unpaired) electrons. The molecule has 2 aromatic heterocycles. The predicted molar refractivity (Wildman–Crippen MR) is 103 cm³/mol. The van der Waals surface area contributed by atoms with Gasteiger partial charge in [0, 0.05) is 17.4 Å². The van der Waals surface area contributed by atoms with E-state index in [0.29, 0.717) is 12.1 Å². The zero-order chi connectivity index (χ0) is 18.6. The van der Waals surface area contributed by atoms with E-state index in [2.05, 4.69) is 15.3 Å². The molecule has 6 heteroatoms. The van der Waals surface area contributed by atoms with Gasteiger partial charge >= 0.3 is 0 Å². The summed E-state index contributed by atoms with van der Waals surface area (Å²) in [7, 11) is 1.64. The molecule has 6 nitrogen and oxygen atoms in total. The molecule has 0 aliphatic heterocycles. The largest absolute Gasteiger partial charge is 0.497 e. The van der Waals surface area contributed by atoms with Gasteiger partial charge in [0.05, 0.1) is 30.4 Å². The molecule has 0 saturated carbocycles. The number of pyridine rings is 1. The summed E-state index contributed by atoms with van der Waals surface area (Å²) in [6.07, 6.45) is 3.46. The van der Waals surface area contributed by atoms with E-state index < -0.39 is 0 Å². The number of carbonyl (C=O) groups is 1. The first kappa shape index (κ1) is 16.8. The van der Waals surface area contributed by atoms with Crippen LogP contribution in [-0.2, 0) is 6.54 Å². The molecule has 1 N–H and O–H groups in total. The lowest BCUT2D eigenvalue weighted by molar-refractivity contribution is 0.0950. The van der Waals surface area contributed by atoms with E-state index in [0.717, 1.165) is 28.2 Å². The van der Waals surface area contributed by atoms with Crippen molar-refractivity contribution in [2.75, 3.05) is 7.11 Å². The summed E-state index contributed by atoms with van der Waals surface area (Å²) in [4.78, 5) is 21.1. The number of imidazole rings is 1. The summed E-state index contributed by atoms with van der Waals surface area (Å²) < 4.78 is 7.17. The van der Waals surface area contributed by atoms with Crippen molar-refractivity contribution >= 4 is 16.9 Å². The second-order valence-electron chi connectivity index (χ2n) is 6.02. The Morgan fingerprint density at radius 2 is 1.93 bits per heavy atom. The number of nitrogens with zero attached hydrogens (tertiary/aromatic N) is 3. The number of aromatic nitrogens is 3. The second kappa shape index (κ2) is 7.29. The first-order valence-corrected chi connectivity index (χ1v) is 8.54. The Bertz CT molecular complexity index is 1070. The van der Waals surface area contributed by atoms with Gasteiger partial charge in [0.25, 0.3) is 5.91 Å². The fourth-order valence-corrected chi connectivity index (χ4v) is 2.88. The Kier molecular flexibility index (Phi) is 4.53. The highest BCUT2D eigenvalue weighted by atomic mass is 16.5. The maximum Gasteiger partial charge on any atom is 0.251 e. The minimum Gasteiger partial charge on any atom is -0.497 e. The Morgan fingerprint density at radius 3 is 2.67 bits per heavy atom. The van der Waals surface area contributed by atoms with Crippen LogP contribution in [0.15, 0.2) is 73.2 Å². The number of hydrogen-bond donors (Lipinski definition) is 1. The summed E-state index contributed by atoms with van der Waals surface area (Å²) in [5.74, 6) is 0.650. The third-order valence-electron chi connectivity index (χ3n) is 4.32. The number of amides is 1. The van der Waals surface area contributed by atoms with Crippen molar-refractivity contribution in [1.82, 2.24) is 19.9 Å². The molecule has 4 rings (SSSR count). The lowest BCUT2D eigenvalue weighted by Crippen LogP contribution is -2.23. The van der Waals surface area contributed by atoms with E-state index >= 15 is 0 Å². The maximum absolute atomic E-state index is 12.4. The molecular weight excluding hydrogens is 340 g/mol. The first-order chi connectivity index (χ1) is 13.2.